The summed E-state index contributed by atoms with van der Waals surface area (Å²) in [5, 5.41) is 2.84. The van der Waals surface area contributed by atoms with Gasteiger partial charge in [0, 0.05) is 18.4 Å². The average Bonchev–Trinajstić information content (AvgIpc) is 3.00. The number of carbonyl (C=O) groups is 2. The fourth-order valence-electron chi connectivity index (χ4n) is 2.35. The lowest BCUT2D eigenvalue weighted by atomic mass is 10.1. The van der Waals surface area contributed by atoms with Gasteiger partial charge in [-0.15, -0.1) is 0 Å². The Morgan fingerprint density at radius 2 is 1.83 bits per heavy atom. The lowest BCUT2D eigenvalue weighted by molar-refractivity contribution is -0.121. The van der Waals surface area contributed by atoms with Gasteiger partial charge in [-0.3, -0.25) is 9.59 Å². The van der Waals surface area contributed by atoms with Gasteiger partial charge in [0.25, 0.3) is 0 Å². The zero-order valence-electron chi connectivity index (χ0n) is 14.3. The van der Waals surface area contributed by atoms with Gasteiger partial charge in [-0.25, -0.2) is 0 Å². The average molecular weight is 329 g/mol. The Morgan fingerprint density at radius 3 is 2.42 bits per heavy atom. The smallest absolute Gasteiger partial charge is 0.221 e. The van der Waals surface area contributed by atoms with Crippen LogP contribution in [-0.2, 0) is 4.79 Å². The molecule has 1 aromatic carbocycles. The molecule has 0 spiro atoms. The van der Waals surface area contributed by atoms with Gasteiger partial charge in [0.05, 0.1) is 12.6 Å². The summed E-state index contributed by atoms with van der Waals surface area (Å²) in [6.45, 7) is 6.20. The molecule has 0 bridgehead atoms. The van der Waals surface area contributed by atoms with Crippen molar-refractivity contribution in [2.24, 2.45) is 0 Å². The van der Waals surface area contributed by atoms with Crippen LogP contribution in [0.1, 0.15) is 54.6 Å². The quantitative estimate of drug-likeness (QED) is 0.747. The first-order valence-electron chi connectivity index (χ1n) is 8.11. The van der Waals surface area contributed by atoms with Crippen LogP contribution in [0.4, 0.5) is 0 Å². The van der Waals surface area contributed by atoms with Crippen LogP contribution in [0.25, 0.3) is 0 Å². The molecule has 128 valence electrons. The molecule has 2 aromatic rings. The number of ether oxygens (including phenoxy) is 1. The molecule has 0 aliphatic carbocycles. The van der Waals surface area contributed by atoms with Crippen molar-refractivity contribution in [3.05, 3.63) is 53.5 Å². The lowest BCUT2D eigenvalue weighted by Crippen LogP contribution is -2.26. The van der Waals surface area contributed by atoms with Crippen LogP contribution >= 0.6 is 0 Å². The van der Waals surface area contributed by atoms with Crippen molar-refractivity contribution in [2.45, 2.75) is 39.7 Å². The minimum Gasteiger partial charge on any atom is -0.494 e. The van der Waals surface area contributed by atoms with E-state index in [4.69, 9.17) is 9.15 Å². The summed E-state index contributed by atoms with van der Waals surface area (Å²) in [4.78, 5) is 24.1. The van der Waals surface area contributed by atoms with Crippen LogP contribution in [0.5, 0.6) is 5.75 Å². The molecule has 0 saturated carbocycles. The maximum Gasteiger partial charge on any atom is 0.221 e. The number of nitrogens with one attached hydrogen (secondary N) is 1. The van der Waals surface area contributed by atoms with E-state index in [2.05, 4.69) is 5.32 Å². The van der Waals surface area contributed by atoms with E-state index in [9.17, 15) is 9.59 Å². The highest BCUT2D eigenvalue weighted by Gasteiger charge is 2.14. The van der Waals surface area contributed by atoms with E-state index >= 15 is 0 Å². The third-order valence-electron chi connectivity index (χ3n) is 3.63. The second-order valence-electron chi connectivity index (χ2n) is 5.62. The second kappa shape index (κ2) is 8.34. The molecule has 1 atom stereocenters. The maximum absolute atomic E-state index is 12.1. The van der Waals surface area contributed by atoms with E-state index in [0.29, 0.717) is 17.9 Å². The Bertz CT molecular complexity index is 688. The first-order valence-corrected chi connectivity index (χ1v) is 8.11. The number of furan rings is 1. The molecular weight excluding hydrogens is 306 g/mol. The maximum atomic E-state index is 12.1. The summed E-state index contributed by atoms with van der Waals surface area (Å²) in [5.41, 5.74) is 0.584. The van der Waals surface area contributed by atoms with Crippen molar-refractivity contribution in [2.75, 3.05) is 6.61 Å². The van der Waals surface area contributed by atoms with Gasteiger partial charge >= 0.3 is 0 Å². The van der Waals surface area contributed by atoms with Gasteiger partial charge in [-0.2, -0.15) is 0 Å². The standard InChI is InChI=1S/C19H23NO4/c1-4-23-16-8-6-15(7-9-16)17(21)10-12-19(22)20-14(3)18-11-5-13(2)24-18/h5-9,11,14H,4,10,12H2,1-3H3,(H,20,22). The topological polar surface area (TPSA) is 68.5 Å². The number of carbonyl (C=O) groups excluding carboxylic acids is 2. The minimum absolute atomic E-state index is 0.0605. The Morgan fingerprint density at radius 1 is 1.12 bits per heavy atom. The summed E-state index contributed by atoms with van der Waals surface area (Å²) in [7, 11) is 0. The van der Waals surface area contributed by atoms with Gasteiger partial charge in [0.1, 0.15) is 17.3 Å². The zero-order valence-corrected chi connectivity index (χ0v) is 14.3. The first kappa shape index (κ1) is 17.8. The number of rotatable bonds is 8. The van der Waals surface area contributed by atoms with Crippen molar-refractivity contribution in [3.63, 3.8) is 0 Å². The summed E-state index contributed by atoms with van der Waals surface area (Å²) in [6.07, 6.45) is 0.319. The van der Waals surface area contributed by atoms with E-state index < -0.39 is 0 Å². The number of hydrogen-bond acceptors (Lipinski definition) is 4. The molecule has 2 rings (SSSR count). The predicted octanol–water partition coefficient (Wildman–Crippen LogP) is 3.83. The molecule has 24 heavy (non-hydrogen) atoms. The van der Waals surface area contributed by atoms with Crippen LogP contribution in [0, 0.1) is 6.92 Å². The Balaban J connectivity index is 1.81. The van der Waals surface area contributed by atoms with Crippen LogP contribution in [0.2, 0.25) is 0 Å². The molecular formula is C19H23NO4. The third-order valence-corrected chi connectivity index (χ3v) is 3.63. The van der Waals surface area contributed by atoms with Crippen LogP contribution in [0.3, 0.4) is 0 Å². The summed E-state index contributed by atoms with van der Waals surface area (Å²) in [6, 6.07) is 10.4. The predicted molar refractivity (Wildman–Crippen MR) is 91.2 cm³/mol. The monoisotopic (exact) mass is 329 g/mol. The van der Waals surface area contributed by atoms with E-state index in [1.54, 1.807) is 24.3 Å². The number of hydrogen-bond donors (Lipinski definition) is 1. The minimum atomic E-state index is -0.216. The highest BCUT2D eigenvalue weighted by Crippen LogP contribution is 2.16. The molecule has 1 unspecified atom stereocenters. The molecule has 1 amide bonds. The van der Waals surface area contributed by atoms with E-state index in [1.165, 1.54) is 0 Å². The molecule has 5 nitrogen and oxygen atoms in total. The molecule has 0 saturated heterocycles. The van der Waals surface area contributed by atoms with Crippen molar-refractivity contribution >= 4 is 11.7 Å². The molecule has 0 aliphatic rings. The largest absolute Gasteiger partial charge is 0.494 e. The first-order chi connectivity index (χ1) is 11.5. The molecule has 1 N–H and O–H groups in total. The highest BCUT2D eigenvalue weighted by molar-refractivity contribution is 5.98. The number of amides is 1. The zero-order chi connectivity index (χ0) is 17.5. The molecule has 0 radical (unpaired) electrons. The van der Waals surface area contributed by atoms with Gasteiger partial charge in [-0.1, -0.05) is 0 Å². The van der Waals surface area contributed by atoms with Crippen molar-refractivity contribution in [1.29, 1.82) is 0 Å². The van der Waals surface area contributed by atoms with E-state index in [-0.39, 0.29) is 30.6 Å². The second-order valence-corrected chi connectivity index (χ2v) is 5.62. The van der Waals surface area contributed by atoms with Crippen LogP contribution in [-0.4, -0.2) is 18.3 Å². The van der Waals surface area contributed by atoms with Crippen molar-refractivity contribution < 1.29 is 18.7 Å². The molecule has 1 heterocycles. The van der Waals surface area contributed by atoms with Gasteiger partial charge < -0.3 is 14.5 Å². The molecule has 0 fully saturated rings. The van der Waals surface area contributed by atoms with Crippen molar-refractivity contribution in [3.8, 4) is 5.75 Å². The van der Waals surface area contributed by atoms with E-state index in [1.807, 2.05) is 32.9 Å². The van der Waals surface area contributed by atoms with Crippen LogP contribution in [0.15, 0.2) is 40.8 Å². The fourth-order valence-corrected chi connectivity index (χ4v) is 2.35. The third kappa shape index (κ3) is 4.98. The molecule has 5 heteroatoms. The van der Waals surface area contributed by atoms with Crippen LogP contribution < -0.4 is 10.1 Å². The van der Waals surface area contributed by atoms with Crippen molar-refractivity contribution in [1.82, 2.24) is 5.32 Å². The lowest BCUT2D eigenvalue weighted by Gasteiger charge is -2.11. The van der Waals surface area contributed by atoms with Gasteiger partial charge in [0.2, 0.25) is 5.91 Å². The highest BCUT2D eigenvalue weighted by atomic mass is 16.5. The SMILES string of the molecule is CCOc1ccc(C(=O)CCC(=O)NC(C)c2ccc(C)o2)cc1. The Hall–Kier alpha value is -2.56. The summed E-state index contributed by atoms with van der Waals surface area (Å²) >= 11 is 0. The number of aryl methyl sites for hydroxylation is 1. The molecule has 0 aliphatic heterocycles. The molecule has 1 aromatic heterocycles. The number of benzene rings is 1. The normalized spacial score (nSPS) is 11.8. The summed E-state index contributed by atoms with van der Waals surface area (Å²) < 4.78 is 10.8. The number of ketones is 1. The number of Topliss-reactive ketones (excluding diaryl/α,β-unsaturated/α-hetero) is 1. The van der Waals surface area contributed by atoms with E-state index in [0.717, 1.165) is 11.5 Å². The Kier molecular flexibility index (Phi) is 6.18. The fraction of sp³-hybridized carbons (Fsp3) is 0.368. The van der Waals surface area contributed by atoms with Gasteiger partial charge in [0.15, 0.2) is 5.78 Å². The van der Waals surface area contributed by atoms with Gasteiger partial charge in [-0.05, 0) is 57.2 Å². The Labute approximate surface area is 142 Å². The summed E-state index contributed by atoms with van der Waals surface area (Å²) in [5.74, 6) is 2.01.